The molecule has 3 nitrogen and oxygen atoms in total. The molecule has 1 rings (SSSR count). The summed E-state index contributed by atoms with van der Waals surface area (Å²) in [6.45, 7) is 11.6. The Labute approximate surface area is 99.0 Å². The van der Waals surface area contributed by atoms with Gasteiger partial charge in [0.1, 0.15) is 0 Å². The monoisotopic (exact) mass is 223 g/mol. The van der Waals surface area contributed by atoms with Crippen molar-refractivity contribution in [2.24, 2.45) is 11.1 Å². The van der Waals surface area contributed by atoms with Gasteiger partial charge in [-0.05, 0) is 24.3 Å². The molecule has 0 aliphatic rings. The Kier molecular flexibility index (Phi) is 4.14. The van der Waals surface area contributed by atoms with Crippen LogP contribution in [0, 0.1) is 5.41 Å². The van der Waals surface area contributed by atoms with Crippen molar-refractivity contribution in [3.8, 4) is 0 Å². The van der Waals surface area contributed by atoms with E-state index in [0.29, 0.717) is 6.54 Å². The first kappa shape index (κ1) is 13.2. The lowest BCUT2D eigenvalue weighted by Gasteiger charge is -2.31. The molecule has 1 heterocycles. The number of aromatic nitrogens is 2. The second kappa shape index (κ2) is 5.00. The molecule has 0 saturated carbocycles. The van der Waals surface area contributed by atoms with Crippen molar-refractivity contribution < 1.29 is 0 Å². The first-order chi connectivity index (χ1) is 7.43. The van der Waals surface area contributed by atoms with Crippen LogP contribution < -0.4 is 5.73 Å². The Bertz CT molecular complexity index is 333. The van der Waals surface area contributed by atoms with Gasteiger partial charge in [0.05, 0.1) is 11.7 Å². The number of aryl methyl sites for hydroxylation is 2. The van der Waals surface area contributed by atoms with Crippen molar-refractivity contribution in [1.82, 2.24) is 9.78 Å². The smallest absolute Gasteiger partial charge is 0.0692 e. The Morgan fingerprint density at radius 3 is 2.31 bits per heavy atom. The van der Waals surface area contributed by atoms with Gasteiger partial charge < -0.3 is 5.73 Å². The first-order valence-electron chi connectivity index (χ1n) is 6.21. The predicted molar refractivity (Wildman–Crippen MR) is 68.5 cm³/mol. The highest BCUT2D eigenvalue weighted by Gasteiger charge is 2.27. The number of hydrogen-bond acceptors (Lipinski definition) is 2. The number of rotatable bonds is 4. The summed E-state index contributed by atoms with van der Waals surface area (Å²) in [7, 11) is 0. The van der Waals surface area contributed by atoms with Crippen LogP contribution in [0.3, 0.4) is 0 Å². The van der Waals surface area contributed by atoms with Gasteiger partial charge in [0.25, 0.3) is 0 Å². The minimum absolute atomic E-state index is 0.149. The normalized spacial score (nSPS) is 14.1. The highest BCUT2D eigenvalue weighted by molar-refractivity contribution is 5.12. The molecule has 0 bridgehead atoms. The van der Waals surface area contributed by atoms with Crippen molar-refractivity contribution in [1.29, 1.82) is 0 Å². The molecular weight excluding hydrogens is 198 g/mol. The van der Waals surface area contributed by atoms with Crippen LogP contribution in [0.1, 0.15) is 52.0 Å². The minimum atomic E-state index is 0.149. The van der Waals surface area contributed by atoms with E-state index in [1.54, 1.807) is 0 Å². The molecule has 1 unspecified atom stereocenters. The van der Waals surface area contributed by atoms with E-state index in [0.717, 1.165) is 12.8 Å². The van der Waals surface area contributed by atoms with Gasteiger partial charge in [-0.15, -0.1) is 0 Å². The van der Waals surface area contributed by atoms with Gasteiger partial charge in [-0.25, -0.2) is 0 Å². The molecule has 0 spiro atoms. The van der Waals surface area contributed by atoms with Gasteiger partial charge in [-0.2, -0.15) is 5.10 Å². The molecule has 92 valence electrons. The molecule has 0 amide bonds. The van der Waals surface area contributed by atoms with Gasteiger partial charge in [-0.1, -0.05) is 34.6 Å². The highest BCUT2D eigenvalue weighted by Crippen LogP contribution is 2.30. The van der Waals surface area contributed by atoms with Gasteiger partial charge in [0.15, 0.2) is 0 Å². The van der Waals surface area contributed by atoms with Crippen molar-refractivity contribution in [3.63, 3.8) is 0 Å². The molecule has 0 fully saturated rings. The molecule has 0 radical (unpaired) electrons. The summed E-state index contributed by atoms with van der Waals surface area (Å²) in [6.07, 6.45) is 2.00. The zero-order valence-electron chi connectivity index (χ0n) is 11.2. The molecule has 1 atom stereocenters. The van der Waals surface area contributed by atoms with Gasteiger partial charge in [-0.3, -0.25) is 4.68 Å². The van der Waals surface area contributed by atoms with E-state index in [1.807, 2.05) is 0 Å². The Balaban J connectivity index is 3.13. The van der Waals surface area contributed by atoms with E-state index in [2.05, 4.69) is 50.5 Å². The summed E-state index contributed by atoms with van der Waals surface area (Å²) < 4.78 is 2.14. The van der Waals surface area contributed by atoms with Crippen LogP contribution in [-0.4, -0.2) is 16.3 Å². The first-order valence-corrected chi connectivity index (χ1v) is 6.21. The van der Waals surface area contributed by atoms with Crippen molar-refractivity contribution in [2.45, 2.75) is 53.5 Å². The average molecular weight is 223 g/mol. The van der Waals surface area contributed by atoms with E-state index in [1.165, 1.54) is 11.4 Å². The number of nitrogens with zero attached hydrogens (tertiary/aromatic N) is 2. The molecule has 3 heteroatoms. The van der Waals surface area contributed by atoms with Crippen LogP contribution in [0.5, 0.6) is 0 Å². The lowest BCUT2D eigenvalue weighted by Crippen LogP contribution is -2.32. The third-order valence-electron chi connectivity index (χ3n) is 3.11. The molecule has 1 aromatic heterocycles. The molecule has 0 aromatic carbocycles. The SMILES string of the molecule is CCc1cc(CC)n(C(CN)C(C)(C)C)n1. The molecular formula is C13H25N3. The summed E-state index contributed by atoms with van der Waals surface area (Å²) >= 11 is 0. The largest absolute Gasteiger partial charge is 0.328 e. The van der Waals surface area contributed by atoms with Crippen LogP contribution in [0.2, 0.25) is 0 Å². The van der Waals surface area contributed by atoms with E-state index < -0.39 is 0 Å². The maximum absolute atomic E-state index is 5.90. The maximum Gasteiger partial charge on any atom is 0.0692 e. The van der Waals surface area contributed by atoms with Crippen LogP contribution in [-0.2, 0) is 12.8 Å². The summed E-state index contributed by atoms with van der Waals surface area (Å²) in [5.41, 5.74) is 8.51. The Morgan fingerprint density at radius 2 is 1.94 bits per heavy atom. The maximum atomic E-state index is 5.90. The van der Waals surface area contributed by atoms with Crippen molar-refractivity contribution in [3.05, 3.63) is 17.5 Å². The molecule has 0 saturated heterocycles. The molecule has 1 aromatic rings. The fourth-order valence-corrected chi connectivity index (χ4v) is 2.02. The topological polar surface area (TPSA) is 43.8 Å². The van der Waals surface area contributed by atoms with Crippen molar-refractivity contribution in [2.75, 3.05) is 6.54 Å². The number of hydrogen-bond donors (Lipinski definition) is 1. The standard InChI is InChI=1S/C13H25N3/c1-6-10-8-11(7-2)16(15-10)12(9-14)13(3,4)5/h8,12H,6-7,9,14H2,1-5H3. The van der Waals surface area contributed by atoms with E-state index in [4.69, 9.17) is 5.73 Å². The lowest BCUT2D eigenvalue weighted by atomic mass is 9.86. The summed E-state index contributed by atoms with van der Waals surface area (Å²) in [5.74, 6) is 0. The van der Waals surface area contributed by atoms with Crippen LogP contribution >= 0.6 is 0 Å². The lowest BCUT2D eigenvalue weighted by molar-refractivity contribution is 0.226. The molecule has 16 heavy (non-hydrogen) atoms. The van der Waals surface area contributed by atoms with E-state index in [-0.39, 0.29) is 11.5 Å². The fraction of sp³-hybridized carbons (Fsp3) is 0.769. The van der Waals surface area contributed by atoms with E-state index in [9.17, 15) is 0 Å². The van der Waals surface area contributed by atoms with Gasteiger partial charge >= 0.3 is 0 Å². The summed E-state index contributed by atoms with van der Waals surface area (Å²) in [5, 5.41) is 4.67. The highest BCUT2D eigenvalue weighted by atomic mass is 15.3. The van der Waals surface area contributed by atoms with Crippen LogP contribution in [0.25, 0.3) is 0 Å². The zero-order chi connectivity index (χ0) is 12.3. The number of nitrogens with two attached hydrogens (primary N) is 1. The second-order valence-corrected chi connectivity index (χ2v) is 5.40. The third kappa shape index (κ3) is 2.64. The predicted octanol–water partition coefficient (Wildman–Crippen LogP) is 2.55. The Hall–Kier alpha value is -0.830. The molecule has 0 aliphatic carbocycles. The van der Waals surface area contributed by atoms with Gasteiger partial charge in [0, 0.05) is 12.2 Å². The summed E-state index contributed by atoms with van der Waals surface area (Å²) in [6, 6.07) is 2.48. The quantitative estimate of drug-likeness (QED) is 0.852. The summed E-state index contributed by atoms with van der Waals surface area (Å²) in [4.78, 5) is 0. The minimum Gasteiger partial charge on any atom is -0.328 e. The average Bonchev–Trinajstić information content (AvgIpc) is 2.60. The second-order valence-electron chi connectivity index (χ2n) is 5.40. The molecule has 2 N–H and O–H groups in total. The van der Waals surface area contributed by atoms with Crippen LogP contribution in [0.15, 0.2) is 6.07 Å². The van der Waals surface area contributed by atoms with Crippen molar-refractivity contribution >= 4 is 0 Å². The zero-order valence-corrected chi connectivity index (χ0v) is 11.2. The van der Waals surface area contributed by atoms with Gasteiger partial charge in [0.2, 0.25) is 0 Å². The van der Waals surface area contributed by atoms with E-state index >= 15 is 0 Å². The third-order valence-corrected chi connectivity index (χ3v) is 3.11. The molecule has 0 aliphatic heterocycles. The van der Waals surface area contributed by atoms with Crippen LogP contribution in [0.4, 0.5) is 0 Å². The fourth-order valence-electron chi connectivity index (χ4n) is 2.02. The Morgan fingerprint density at radius 1 is 1.31 bits per heavy atom.